The number of carbonyl (C=O) groups excluding carboxylic acids is 2. The van der Waals surface area contributed by atoms with Crippen molar-refractivity contribution >= 4 is 46.0 Å². The number of nitrogens with one attached hydrogen (secondary N) is 2. The first kappa shape index (κ1) is 29.2. The van der Waals surface area contributed by atoms with E-state index in [4.69, 9.17) is 31.2 Å². The van der Waals surface area contributed by atoms with Gasteiger partial charge in [0.2, 0.25) is 5.78 Å². The van der Waals surface area contributed by atoms with Gasteiger partial charge in [-0.1, -0.05) is 48.7 Å². The van der Waals surface area contributed by atoms with Gasteiger partial charge >= 0.3 is 6.09 Å². The van der Waals surface area contributed by atoms with Gasteiger partial charge < -0.3 is 24.9 Å². The average Bonchev–Trinajstić information content (AvgIpc) is 2.82. The maximum Gasteiger partial charge on any atom is 0.407 e. The number of hydrogen-bond donors (Lipinski definition) is 2. The number of allylic oxidation sites excluding steroid dienone is 1. The Morgan fingerprint density at radius 2 is 1.58 bits per heavy atom. The second-order valence-electron chi connectivity index (χ2n) is 9.57. The molecule has 2 N–H and O–H groups in total. The van der Waals surface area contributed by atoms with Crippen LogP contribution in [0.2, 0.25) is 5.02 Å². The predicted molar refractivity (Wildman–Crippen MR) is 146 cm³/mol. The quantitative estimate of drug-likeness (QED) is 0.180. The number of halogens is 1. The molecule has 0 bridgehead atoms. The Hall–Kier alpha value is -3.06. The first-order valence-electron chi connectivity index (χ1n) is 12.1. The molecular formula is C28H37ClN2O5. The summed E-state index contributed by atoms with van der Waals surface area (Å²) in [6.45, 7) is 7.68. The fraction of sp³-hybridized carbons (Fsp3) is 0.464. The summed E-state index contributed by atoms with van der Waals surface area (Å²) in [7, 11) is 3.11. The molecule has 0 saturated carbocycles. The van der Waals surface area contributed by atoms with Gasteiger partial charge in [0.1, 0.15) is 17.1 Å². The SMILES string of the molecule is COc1c(Cl)c(/C=C(\C)C(=O)C(=N)CCCCCCNC(=O)OC(C)(C)C)c(OC)c2ccccc12. The molecule has 2 aromatic carbocycles. The number of fused-ring (bicyclic) bond motifs is 1. The van der Waals surface area contributed by atoms with Crippen molar-refractivity contribution in [2.24, 2.45) is 0 Å². The van der Waals surface area contributed by atoms with Crippen molar-refractivity contribution in [3.05, 3.63) is 40.4 Å². The summed E-state index contributed by atoms with van der Waals surface area (Å²) in [6, 6.07) is 7.60. The molecule has 0 aromatic heterocycles. The van der Waals surface area contributed by atoms with E-state index in [0.717, 1.165) is 36.5 Å². The summed E-state index contributed by atoms with van der Waals surface area (Å²) in [4.78, 5) is 24.5. The fourth-order valence-electron chi connectivity index (χ4n) is 3.83. The number of ketones is 1. The van der Waals surface area contributed by atoms with Crippen molar-refractivity contribution in [1.82, 2.24) is 5.32 Å². The molecule has 0 aliphatic carbocycles. The smallest absolute Gasteiger partial charge is 0.407 e. The summed E-state index contributed by atoms with van der Waals surface area (Å²) in [5.74, 6) is 0.734. The van der Waals surface area contributed by atoms with Crippen molar-refractivity contribution in [1.29, 1.82) is 5.41 Å². The molecule has 196 valence electrons. The van der Waals surface area contributed by atoms with Crippen molar-refractivity contribution in [3.63, 3.8) is 0 Å². The monoisotopic (exact) mass is 516 g/mol. The normalized spacial score (nSPS) is 11.8. The summed E-state index contributed by atoms with van der Waals surface area (Å²) in [5.41, 5.74) is 0.490. The van der Waals surface area contributed by atoms with Gasteiger partial charge in [0.25, 0.3) is 0 Å². The number of alkyl carbamates (subject to hydrolysis) is 1. The van der Waals surface area contributed by atoms with Crippen molar-refractivity contribution in [3.8, 4) is 11.5 Å². The maximum atomic E-state index is 12.9. The number of unbranched alkanes of at least 4 members (excludes halogenated alkanes) is 3. The van der Waals surface area contributed by atoms with Crippen molar-refractivity contribution in [2.45, 2.75) is 65.4 Å². The number of hydrogen-bond acceptors (Lipinski definition) is 6. The molecule has 0 unspecified atom stereocenters. The highest BCUT2D eigenvalue weighted by Crippen LogP contribution is 2.44. The second kappa shape index (κ2) is 13.3. The molecule has 36 heavy (non-hydrogen) atoms. The molecule has 0 radical (unpaired) electrons. The zero-order chi connectivity index (χ0) is 26.9. The fourth-order valence-corrected chi connectivity index (χ4v) is 4.15. The van der Waals surface area contributed by atoms with E-state index in [9.17, 15) is 9.59 Å². The zero-order valence-corrected chi connectivity index (χ0v) is 22.8. The Morgan fingerprint density at radius 3 is 2.17 bits per heavy atom. The van der Waals surface area contributed by atoms with E-state index in [1.807, 2.05) is 45.0 Å². The summed E-state index contributed by atoms with van der Waals surface area (Å²) in [6.07, 6.45) is 4.90. The molecule has 2 rings (SSSR count). The van der Waals surface area contributed by atoms with Crippen LogP contribution < -0.4 is 14.8 Å². The Bertz CT molecular complexity index is 1130. The van der Waals surface area contributed by atoms with E-state index in [1.54, 1.807) is 27.2 Å². The van der Waals surface area contributed by atoms with Gasteiger partial charge in [0.15, 0.2) is 0 Å². The van der Waals surface area contributed by atoms with Gasteiger partial charge in [-0.05, 0) is 58.6 Å². The molecule has 2 aromatic rings. The number of rotatable bonds is 12. The first-order chi connectivity index (χ1) is 17.0. The van der Waals surface area contributed by atoms with E-state index in [0.29, 0.717) is 40.6 Å². The molecule has 1 amide bonds. The highest BCUT2D eigenvalue weighted by Gasteiger charge is 2.20. The molecule has 0 fully saturated rings. The van der Waals surface area contributed by atoms with Crippen LogP contribution >= 0.6 is 11.6 Å². The van der Waals surface area contributed by atoms with Gasteiger partial charge in [-0.2, -0.15) is 0 Å². The molecule has 0 heterocycles. The number of amides is 1. The molecule has 0 spiro atoms. The van der Waals surface area contributed by atoms with Crippen LogP contribution in [-0.4, -0.2) is 44.0 Å². The average molecular weight is 517 g/mol. The van der Waals surface area contributed by atoms with E-state index in [-0.39, 0.29) is 11.5 Å². The number of carbonyl (C=O) groups is 2. The molecule has 8 heteroatoms. The lowest BCUT2D eigenvalue weighted by molar-refractivity contribution is -0.109. The summed E-state index contributed by atoms with van der Waals surface area (Å²) < 4.78 is 16.4. The van der Waals surface area contributed by atoms with Crippen LogP contribution in [0.5, 0.6) is 11.5 Å². The maximum absolute atomic E-state index is 12.9. The van der Waals surface area contributed by atoms with E-state index in [1.165, 1.54) is 0 Å². The lowest BCUT2D eigenvalue weighted by atomic mass is 9.98. The summed E-state index contributed by atoms with van der Waals surface area (Å²) >= 11 is 6.65. The number of ether oxygens (including phenoxy) is 3. The van der Waals surface area contributed by atoms with Crippen LogP contribution in [0.1, 0.15) is 65.4 Å². The highest BCUT2D eigenvalue weighted by molar-refractivity contribution is 6.45. The van der Waals surface area contributed by atoms with Crippen LogP contribution in [0, 0.1) is 5.41 Å². The lowest BCUT2D eigenvalue weighted by Gasteiger charge is -2.19. The molecular weight excluding hydrogens is 480 g/mol. The van der Waals surface area contributed by atoms with Gasteiger partial charge in [-0.25, -0.2) is 4.79 Å². The van der Waals surface area contributed by atoms with E-state index in [2.05, 4.69) is 5.32 Å². The third-order valence-electron chi connectivity index (χ3n) is 5.52. The number of methoxy groups -OCH3 is 2. The Morgan fingerprint density at radius 1 is 1.00 bits per heavy atom. The number of benzene rings is 2. The Kier molecular flexibility index (Phi) is 10.8. The van der Waals surface area contributed by atoms with Crippen LogP contribution in [0.3, 0.4) is 0 Å². The van der Waals surface area contributed by atoms with Crippen molar-refractivity contribution in [2.75, 3.05) is 20.8 Å². The third-order valence-corrected chi connectivity index (χ3v) is 5.90. The summed E-state index contributed by atoms with van der Waals surface area (Å²) in [5, 5.41) is 13.0. The standard InChI is InChI=1S/C28H37ClN2O5/c1-18(17-21-23(29)26(35-6)20-14-11-10-13-19(20)25(21)34-5)24(32)22(30)15-9-7-8-12-16-31-27(33)36-28(2,3)4/h10-11,13-14,17,30H,7-9,12,15-16H2,1-6H3,(H,31,33)/b18-17+,30-22?. The second-order valence-corrected chi connectivity index (χ2v) is 9.95. The minimum atomic E-state index is -0.514. The van der Waals surface area contributed by atoms with Crippen LogP contribution in [-0.2, 0) is 9.53 Å². The minimum absolute atomic E-state index is 0.0541. The van der Waals surface area contributed by atoms with Gasteiger partial charge in [0, 0.05) is 22.9 Å². The molecule has 0 aliphatic rings. The zero-order valence-electron chi connectivity index (χ0n) is 22.0. The number of Topliss-reactive ketones (excluding diaryl/α,β-unsaturated/α-hetero) is 1. The van der Waals surface area contributed by atoms with Crippen LogP contribution in [0.4, 0.5) is 4.79 Å². The predicted octanol–water partition coefficient (Wildman–Crippen LogP) is 6.98. The van der Waals surface area contributed by atoms with E-state index >= 15 is 0 Å². The van der Waals surface area contributed by atoms with Crippen molar-refractivity contribution < 1.29 is 23.8 Å². The third kappa shape index (κ3) is 7.98. The van der Waals surface area contributed by atoms with Gasteiger partial charge in [-0.15, -0.1) is 0 Å². The topological polar surface area (TPSA) is 97.7 Å². The molecule has 0 aliphatic heterocycles. The van der Waals surface area contributed by atoms with Crippen LogP contribution in [0.15, 0.2) is 29.8 Å². The molecule has 0 atom stereocenters. The van der Waals surface area contributed by atoms with E-state index < -0.39 is 11.7 Å². The Balaban J connectivity index is 1.95. The highest BCUT2D eigenvalue weighted by atomic mass is 35.5. The Labute approximate surface area is 218 Å². The van der Waals surface area contributed by atoms with Gasteiger partial charge in [0.05, 0.1) is 25.0 Å². The first-order valence-corrected chi connectivity index (χ1v) is 12.5. The molecule has 0 saturated heterocycles. The lowest BCUT2D eigenvalue weighted by Crippen LogP contribution is -2.32. The van der Waals surface area contributed by atoms with Gasteiger partial charge in [-0.3, -0.25) is 4.79 Å². The minimum Gasteiger partial charge on any atom is -0.495 e. The molecule has 7 nitrogen and oxygen atoms in total. The largest absolute Gasteiger partial charge is 0.495 e. The van der Waals surface area contributed by atoms with Crippen LogP contribution in [0.25, 0.3) is 16.8 Å².